The van der Waals surface area contributed by atoms with Gasteiger partial charge in [-0.05, 0) is 25.1 Å². The summed E-state index contributed by atoms with van der Waals surface area (Å²) in [5, 5.41) is 0. The van der Waals surface area contributed by atoms with Gasteiger partial charge in [-0.3, -0.25) is 14.8 Å². The predicted octanol–water partition coefficient (Wildman–Crippen LogP) is 1.08. The lowest BCUT2D eigenvalue weighted by Gasteiger charge is -2.08. The number of aromatic nitrogens is 4. The summed E-state index contributed by atoms with van der Waals surface area (Å²) in [7, 11) is 0. The van der Waals surface area contributed by atoms with Crippen molar-refractivity contribution in [3.05, 3.63) is 41.9 Å². The number of anilines is 1. The van der Waals surface area contributed by atoms with Crippen molar-refractivity contribution in [2.45, 2.75) is 6.92 Å². The number of benzene rings is 1. The van der Waals surface area contributed by atoms with Crippen LogP contribution in [0.1, 0.15) is 16.1 Å². The van der Waals surface area contributed by atoms with Crippen LogP contribution >= 0.6 is 0 Å². The fourth-order valence-corrected chi connectivity index (χ4v) is 2.13. The molecule has 4 N–H and O–H groups in total. The Morgan fingerprint density at radius 3 is 2.48 bits per heavy atom. The van der Waals surface area contributed by atoms with Gasteiger partial charge in [0.15, 0.2) is 5.82 Å². The van der Waals surface area contributed by atoms with E-state index in [0.717, 1.165) is 16.6 Å². The van der Waals surface area contributed by atoms with Gasteiger partial charge in [-0.1, -0.05) is 0 Å². The number of hydrogen-bond donors (Lipinski definition) is 2. The van der Waals surface area contributed by atoms with Crippen LogP contribution in [0.15, 0.2) is 30.6 Å². The van der Waals surface area contributed by atoms with E-state index in [1.807, 2.05) is 18.2 Å². The molecule has 1 amide bonds. The van der Waals surface area contributed by atoms with Crippen LogP contribution in [0.25, 0.3) is 22.4 Å². The molecule has 0 aliphatic heterocycles. The van der Waals surface area contributed by atoms with Crippen LogP contribution in [-0.4, -0.2) is 25.8 Å². The highest BCUT2D eigenvalue weighted by atomic mass is 16.1. The minimum absolute atomic E-state index is 0.0734. The molecule has 3 rings (SSSR count). The van der Waals surface area contributed by atoms with Crippen molar-refractivity contribution in [3.63, 3.8) is 0 Å². The number of nitrogens with zero attached hydrogens (tertiary/aromatic N) is 4. The second kappa shape index (κ2) is 4.78. The van der Waals surface area contributed by atoms with Crippen LogP contribution in [0.4, 0.5) is 5.82 Å². The van der Waals surface area contributed by atoms with Gasteiger partial charge in [0.1, 0.15) is 11.4 Å². The zero-order valence-corrected chi connectivity index (χ0v) is 11.2. The largest absolute Gasteiger partial charge is 0.383 e. The smallest absolute Gasteiger partial charge is 0.254 e. The Morgan fingerprint density at radius 2 is 1.81 bits per heavy atom. The first-order valence-corrected chi connectivity index (χ1v) is 6.21. The predicted molar refractivity (Wildman–Crippen MR) is 78.2 cm³/mol. The molecule has 104 valence electrons. The molecule has 2 heterocycles. The third-order valence-electron chi connectivity index (χ3n) is 3.09. The monoisotopic (exact) mass is 280 g/mol. The third-order valence-corrected chi connectivity index (χ3v) is 3.09. The van der Waals surface area contributed by atoms with Gasteiger partial charge in [0, 0.05) is 18.0 Å². The number of carbonyl (C=O) groups is 1. The number of fused-ring (bicyclic) bond motifs is 1. The van der Waals surface area contributed by atoms with Crippen molar-refractivity contribution in [3.8, 4) is 11.4 Å². The molecule has 0 bridgehead atoms. The lowest BCUT2D eigenvalue weighted by molar-refractivity contribution is 0.1000. The van der Waals surface area contributed by atoms with Crippen LogP contribution in [0, 0.1) is 6.92 Å². The Balaban J connectivity index is 2.16. The molecule has 0 radical (unpaired) electrons. The van der Waals surface area contributed by atoms with Crippen molar-refractivity contribution in [2.75, 3.05) is 5.73 Å². The quantitative estimate of drug-likeness (QED) is 0.724. The zero-order valence-electron chi connectivity index (χ0n) is 11.2. The molecule has 0 fully saturated rings. The van der Waals surface area contributed by atoms with E-state index < -0.39 is 5.91 Å². The maximum Gasteiger partial charge on any atom is 0.254 e. The average molecular weight is 280 g/mol. The highest BCUT2D eigenvalue weighted by molar-refractivity contribution is 5.98. The maximum atomic E-state index is 11.3. The second-order valence-electron chi connectivity index (χ2n) is 4.52. The zero-order chi connectivity index (χ0) is 15.0. The summed E-state index contributed by atoms with van der Waals surface area (Å²) in [6, 6.07) is 5.48. The molecule has 0 unspecified atom stereocenters. The fourth-order valence-electron chi connectivity index (χ4n) is 2.13. The second-order valence-corrected chi connectivity index (χ2v) is 4.52. The summed E-state index contributed by atoms with van der Waals surface area (Å²) >= 11 is 0. The molecule has 3 aromatic rings. The summed E-state index contributed by atoms with van der Waals surface area (Å²) in [6.45, 7) is 1.67. The molecule has 2 aromatic heterocycles. The van der Waals surface area contributed by atoms with Crippen LogP contribution in [-0.2, 0) is 0 Å². The van der Waals surface area contributed by atoms with Crippen LogP contribution < -0.4 is 11.5 Å². The molecular formula is C14H12N6O. The van der Waals surface area contributed by atoms with Gasteiger partial charge in [-0.15, -0.1) is 0 Å². The summed E-state index contributed by atoms with van der Waals surface area (Å²) in [6.07, 6.45) is 3.24. The van der Waals surface area contributed by atoms with Gasteiger partial charge in [0.2, 0.25) is 0 Å². The highest BCUT2D eigenvalue weighted by Crippen LogP contribution is 2.22. The van der Waals surface area contributed by atoms with E-state index in [1.54, 1.807) is 19.3 Å². The Hall–Kier alpha value is -3.09. The molecule has 0 saturated heterocycles. The molecule has 7 heteroatoms. The van der Waals surface area contributed by atoms with Crippen molar-refractivity contribution < 1.29 is 4.79 Å². The number of aryl methyl sites for hydroxylation is 1. The Labute approximate surface area is 120 Å². The molecule has 0 aliphatic carbocycles. The van der Waals surface area contributed by atoms with Gasteiger partial charge < -0.3 is 11.5 Å². The Morgan fingerprint density at radius 1 is 1.10 bits per heavy atom. The summed E-state index contributed by atoms with van der Waals surface area (Å²) in [4.78, 5) is 28.2. The Kier molecular flexibility index (Phi) is 2.94. The third kappa shape index (κ3) is 2.25. The maximum absolute atomic E-state index is 11.3. The fraction of sp³-hybridized carbons (Fsp3) is 0.0714. The van der Waals surface area contributed by atoms with Crippen molar-refractivity contribution in [1.82, 2.24) is 19.9 Å². The molecule has 0 atom stereocenters. The molecule has 0 saturated carbocycles. The molecule has 0 spiro atoms. The van der Waals surface area contributed by atoms with E-state index in [-0.39, 0.29) is 11.4 Å². The SMILES string of the molecule is Cc1nc(-c2ccc3nccnc3c2)nc(N)c1C(N)=O. The first-order valence-electron chi connectivity index (χ1n) is 6.21. The van der Waals surface area contributed by atoms with Gasteiger partial charge in [-0.25, -0.2) is 9.97 Å². The van der Waals surface area contributed by atoms with Gasteiger partial charge in [-0.2, -0.15) is 0 Å². The van der Waals surface area contributed by atoms with Gasteiger partial charge in [0.05, 0.1) is 16.7 Å². The van der Waals surface area contributed by atoms with E-state index in [2.05, 4.69) is 19.9 Å². The summed E-state index contributed by atoms with van der Waals surface area (Å²) in [5.74, 6) is -0.146. The van der Waals surface area contributed by atoms with E-state index >= 15 is 0 Å². The summed E-state index contributed by atoms with van der Waals surface area (Å²) < 4.78 is 0. The minimum atomic E-state index is -0.638. The van der Waals surface area contributed by atoms with Crippen LogP contribution in [0.3, 0.4) is 0 Å². The number of amides is 1. The Bertz CT molecular complexity index is 838. The van der Waals surface area contributed by atoms with Crippen molar-refractivity contribution in [1.29, 1.82) is 0 Å². The number of nitrogen functional groups attached to an aromatic ring is 1. The molecule has 1 aromatic carbocycles. The molecule has 21 heavy (non-hydrogen) atoms. The lowest BCUT2D eigenvalue weighted by Crippen LogP contribution is -2.17. The summed E-state index contributed by atoms with van der Waals surface area (Å²) in [5.41, 5.74) is 13.9. The van der Waals surface area contributed by atoms with E-state index in [4.69, 9.17) is 11.5 Å². The molecule has 0 aliphatic rings. The molecule has 7 nitrogen and oxygen atoms in total. The topological polar surface area (TPSA) is 121 Å². The van der Waals surface area contributed by atoms with Gasteiger partial charge >= 0.3 is 0 Å². The van der Waals surface area contributed by atoms with Gasteiger partial charge in [0.25, 0.3) is 5.91 Å². The highest BCUT2D eigenvalue weighted by Gasteiger charge is 2.15. The van der Waals surface area contributed by atoms with Crippen molar-refractivity contribution in [2.24, 2.45) is 5.73 Å². The van der Waals surface area contributed by atoms with E-state index in [9.17, 15) is 4.79 Å². The number of rotatable bonds is 2. The first kappa shape index (κ1) is 12.9. The van der Waals surface area contributed by atoms with Crippen LogP contribution in [0.5, 0.6) is 0 Å². The van der Waals surface area contributed by atoms with Crippen LogP contribution in [0.2, 0.25) is 0 Å². The van der Waals surface area contributed by atoms with E-state index in [0.29, 0.717) is 11.5 Å². The van der Waals surface area contributed by atoms with E-state index in [1.165, 1.54) is 0 Å². The normalized spacial score (nSPS) is 10.7. The minimum Gasteiger partial charge on any atom is -0.383 e. The number of nitrogens with two attached hydrogens (primary N) is 2. The number of hydrogen-bond acceptors (Lipinski definition) is 6. The number of primary amides is 1. The lowest BCUT2D eigenvalue weighted by atomic mass is 10.1. The van der Waals surface area contributed by atoms with Crippen molar-refractivity contribution >= 4 is 22.8 Å². The first-order chi connectivity index (χ1) is 10.1. The average Bonchev–Trinajstić information content (AvgIpc) is 2.45. The standard InChI is InChI=1S/C14H12N6O/c1-7-11(13(16)21)12(15)20-14(19-7)8-2-3-9-10(6-8)18-5-4-17-9/h2-6H,1H3,(H2,16,21)(H2,15,19,20). The molecular weight excluding hydrogens is 268 g/mol. The number of carbonyl (C=O) groups excluding carboxylic acids is 1.